The van der Waals surface area contributed by atoms with Crippen LogP contribution in [0, 0.1) is 17.8 Å². The lowest BCUT2D eigenvalue weighted by atomic mass is 9.85. The minimum absolute atomic E-state index is 0.162. The number of carbonyl (C=O) groups excluding carboxylic acids is 1. The second kappa shape index (κ2) is 14.1. The first-order valence-corrected chi connectivity index (χ1v) is 14.0. The molecule has 0 saturated carbocycles. The highest BCUT2D eigenvalue weighted by atomic mass is 32.2. The lowest BCUT2D eigenvalue weighted by molar-refractivity contribution is -0.205. The summed E-state index contributed by atoms with van der Waals surface area (Å²) in [4.78, 5) is 21.7. The molecule has 0 aromatic carbocycles. The Kier molecular flexibility index (Phi) is 11.5. The molecule has 3 saturated heterocycles. The number of ether oxygens (including phenoxy) is 2. The Morgan fingerprint density at radius 3 is 2.67 bits per heavy atom. The Hall–Kier alpha value is -1.21. The molecule has 206 valence electrons. The van der Waals surface area contributed by atoms with Gasteiger partial charge in [0.25, 0.3) is 6.47 Å². The molecule has 10 nitrogen and oxygen atoms in total. The zero-order valence-electron chi connectivity index (χ0n) is 21.1. The Labute approximate surface area is 217 Å². The van der Waals surface area contributed by atoms with Crippen LogP contribution in [0.25, 0.3) is 0 Å². The summed E-state index contributed by atoms with van der Waals surface area (Å²) < 4.78 is 12.2. The fourth-order valence-corrected chi connectivity index (χ4v) is 6.85. The van der Waals surface area contributed by atoms with Crippen molar-refractivity contribution in [3.8, 4) is 0 Å². The van der Waals surface area contributed by atoms with E-state index in [4.69, 9.17) is 19.4 Å². The molecule has 4 heterocycles. The molecule has 0 aromatic rings. The number of aliphatic hydroxyl groups excluding tert-OH is 3. The molecule has 36 heavy (non-hydrogen) atoms. The number of amides is 1. The molecule has 6 N–H and O–H groups in total. The van der Waals surface area contributed by atoms with Crippen LogP contribution in [0.5, 0.6) is 0 Å². The maximum Gasteiger partial charge on any atom is 0.290 e. The molecule has 4 aliphatic rings. The number of carboxylic acid groups (broad SMARTS) is 1. The molecule has 0 aliphatic carbocycles. The number of carbonyl (C=O) groups is 2. The summed E-state index contributed by atoms with van der Waals surface area (Å²) in [6.07, 6.45) is 3.86. The highest BCUT2D eigenvalue weighted by Crippen LogP contribution is 2.34. The first kappa shape index (κ1) is 29.3. The Morgan fingerprint density at radius 2 is 1.94 bits per heavy atom. The fraction of sp³-hybridized carbons (Fsp3) is 0.840. The summed E-state index contributed by atoms with van der Waals surface area (Å²) in [6, 6.07) is -0.971. The predicted molar refractivity (Wildman–Crippen MR) is 135 cm³/mol. The van der Waals surface area contributed by atoms with Gasteiger partial charge in [-0.25, -0.2) is 0 Å². The van der Waals surface area contributed by atoms with E-state index in [2.05, 4.69) is 30.6 Å². The van der Waals surface area contributed by atoms with Gasteiger partial charge in [-0.05, 0) is 55.6 Å². The van der Waals surface area contributed by atoms with Crippen molar-refractivity contribution in [2.75, 3.05) is 18.9 Å². The van der Waals surface area contributed by atoms with Crippen LogP contribution in [0.2, 0.25) is 0 Å². The van der Waals surface area contributed by atoms with Crippen LogP contribution in [0.15, 0.2) is 12.2 Å². The third-order valence-electron chi connectivity index (χ3n) is 7.41. The molecule has 0 aromatic heterocycles. The van der Waals surface area contributed by atoms with Crippen LogP contribution in [-0.2, 0) is 19.1 Å². The molecule has 4 rings (SSSR count). The van der Waals surface area contributed by atoms with Crippen molar-refractivity contribution in [2.24, 2.45) is 17.8 Å². The van der Waals surface area contributed by atoms with Gasteiger partial charge in [0.05, 0.1) is 12.1 Å². The van der Waals surface area contributed by atoms with E-state index in [1.54, 1.807) is 0 Å². The minimum atomic E-state index is -1.32. The number of thioether (sulfide) groups is 1. The average molecular weight is 531 g/mol. The van der Waals surface area contributed by atoms with E-state index in [0.29, 0.717) is 30.8 Å². The zero-order chi connectivity index (χ0) is 26.2. The predicted octanol–water partition coefficient (Wildman–Crippen LogP) is 0.492. The van der Waals surface area contributed by atoms with Crippen LogP contribution in [0.3, 0.4) is 0 Å². The minimum Gasteiger partial charge on any atom is -0.483 e. The van der Waals surface area contributed by atoms with Gasteiger partial charge in [0, 0.05) is 13.2 Å². The van der Waals surface area contributed by atoms with Gasteiger partial charge in [-0.1, -0.05) is 26.0 Å². The van der Waals surface area contributed by atoms with Gasteiger partial charge >= 0.3 is 0 Å². The summed E-state index contributed by atoms with van der Waals surface area (Å²) in [5, 5.41) is 44.7. The van der Waals surface area contributed by atoms with Gasteiger partial charge in [0.1, 0.15) is 35.9 Å². The molecule has 1 amide bonds. The topological polar surface area (TPSA) is 158 Å². The van der Waals surface area contributed by atoms with E-state index in [-0.39, 0.29) is 18.5 Å². The summed E-state index contributed by atoms with van der Waals surface area (Å²) in [7, 11) is 0. The maximum atomic E-state index is 13.4. The summed E-state index contributed by atoms with van der Waals surface area (Å²) in [5.74, 6) is 2.17. The smallest absolute Gasteiger partial charge is 0.290 e. The van der Waals surface area contributed by atoms with Crippen molar-refractivity contribution in [3.05, 3.63) is 12.2 Å². The number of hydrogen-bond acceptors (Lipinski definition) is 9. The van der Waals surface area contributed by atoms with Crippen LogP contribution in [-0.4, -0.2) is 99.7 Å². The molecule has 0 spiro atoms. The lowest BCUT2D eigenvalue weighted by Crippen LogP contribution is -2.63. The van der Waals surface area contributed by atoms with Gasteiger partial charge in [-0.15, -0.1) is 11.8 Å². The van der Waals surface area contributed by atoms with Crippen molar-refractivity contribution in [1.29, 1.82) is 0 Å². The van der Waals surface area contributed by atoms with Gasteiger partial charge in [0.2, 0.25) is 5.91 Å². The third-order valence-corrected chi connectivity index (χ3v) is 8.60. The van der Waals surface area contributed by atoms with E-state index in [0.717, 1.165) is 31.6 Å². The van der Waals surface area contributed by atoms with E-state index < -0.39 is 41.9 Å². The first-order valence-electron chi connectivity index (χ1n) is 13.0. The van der Waals surface area contributed by atoms with Crippen molar-refractivity contribution in [3.63, 3.8) is 0 Å². The number of nitrogens with one attached hydrogen (secondary N) is 2. The largest absolute Gasteiger partial charge is 0.483 e. The second-order valence-electron chi connectivity index (χ2n) is 10.5. The molecular formula is C25H42N2O8S. The SMILES string of the molecule is CC(C)C[C@@H]1CCO[C@@H]2[C@H](CN[C@@H]2C(=O)N[C@@H]2CC=CCCS[C@H]3O[C@H]2[C@H](O)[C@H](O)[C@H]3O)C1.O=CO. The molecule has 3 fully saturated rings. The van der Waals surface area contributed by atoms with Crippen LogP contribution < -0.4 is 10.6 Å². The van der Waals surface area contributed by atoms with E-state index in [9.17, 15) is 20.1 Å². The van der Waals surface area contributed by atoms with Crippen molar-refractivity contribution < 1.29 is 39.5 Å². The zero-order valence-corrected chi connectivity index (χ0v) is 21.9. The number of fused-ring (bicyclic) bond motifs is 3. The normalized spacial score (nSPS) is 40.8. The van der Waals surface area contributed by atoms with Gasteiger partial charge < -0.3 is 40.5 Å². The number of hydrogen-bond donors (Lipinski definition) is 6. The molecule has 0 radical (unpaired) electrons. The Balaban J connectivity index is 0.00000115. The maximum absolute atomic E-state index is 13.4. The molecule has 10 atom stereocenters. The van der Waals surface area contributed by atoms with Gasteiger partial charge in [0.15, 0.2) is 0 Å². The van der Waals surface area contributed by atoms with Gasteiger partial charge in [-0.2, -0.15) is 0 Å². The van der Waals surface area contributed by atoms with Crippen molar-refractivity contribution >= 4 is 24.1 Å². The molecule has 11 heteroatoms. The molecular weight excluding hydrogens is 488 g/mol. The van der Waals surface area contributed by atoms with Gasteiger partial charge in [-0.3, -0.25) is 9.59 Å². The number of aliphatic hydroxyl groups is 3. The van der Waals surface area contributed by atoms with E-state index >= 15 is 0 Å². The third kappa shape index (κ3) is 7.43. The molecule has 2 bridgehead atoms. The number of allylic oxidation sites excluding steroid dienone is 1. The van der Waals surface area contributed by atoms with Crippen LogP contribution >= 0.6 is 11.8 Å². The Bertz CT molecular complexity index is 741. The highest BCUT2D eigenvalue weighted by Gasteiger charge is 2.48. The fourth-order valence-electron chi connectivity index (χ4n) is 5.78. The summed E-state index contributed by atoms with van der Waals surface area (Å²) >= 11 is 1.42. The van der Waals surface area contributed by atoms with Crippen LogP contribution in [0.1, 0.15) is 46.0 Å². The second-order valence-corrected chi connectivity index (χ2v) is 11.7. The molecule has 4 aliphatic heterocycles. The molecule has 0 unspecified atom stereocenters. The quantitative estimate of drug-likeness (QED) is 0.223. The summed E-state index contributed by atoms with van der Waals surface area (Å²) in [5.41, 5.74) is -0.642. The van der Waals surface area contributed by atoms with E-state index in [1.807, 2.05) is 6.08 Å². The number of rotatable bonds is 4. The average Bonchev–Trinajstić information content (AvgIpc) is 3.12. The highest BCUT2D eigenvalue weighted by molar-refractivity contribution is 7.99. The van der Waals surface area contributed by atoms with Crippen molar-refractivity contribution in [1.82, 2.24) is 10.6 Å². The monoisotopic (exact) mass is 530 g/mol. The van der Waals surface area contributed by atoms with E-state index in [1.165, 1.54) is 18.2 Å². The first-order chi connectivity index (χ1) is 17.3. The lowest BCUT2D eigenvalue weighted by Gasteiger charge is -2.43. The van der Waals surface area contributed by atoms with Crippen molar-refractivity contribution in [2.45, 2.75) is 94.0 Å². The van der Waals surface area contributed by atoms with Crippen LogP contribution in [0.4, 0.5) is 0 Å². The summed E-state index contributed by atoms with van der Waals surface area (Å²) in [6.45, 7) is 5.68. The Morgan fingerprint density at radius 1 is 1.19 bits per heavy atom. The standard InChI is InChI=1S/C24H40N2O6S.CH2O2/c1-13(2)10-14-7-8-31-21-15(11-14)12-25-17(21)23(30)26-16-6-4-3-5-9-33-24-20(29)18(27)19(28)22(16)32-24;2-1-3/h3-4,13-22,24-25,27-29H,5-12H2,1-2H3,(H,26,30);1H,(H,2,3)/t14-,15-,16+,17-,18-,19+,20+,21+,22+,24+;/m0./s1.